The first kappa shape index (κ1) is 48.9. The molecule has 5 amide bonds. The third-order valence-corrected chi connectivity index (χ3v) is 8.40. The lowest BCUT2D eigenvalue weighted by Crippen LogP contribution is -2.59. The molecule has 0 saturated carbocycles. The summed E-state index contributed by atoms with van der Waals surface area (Å²) < 4.78 is 31.7. The highest BCUT2D eigenvalue weighted by atomic mass is 19.4. The van der Waals surface area contributed by atoms with Crippen molar-refractivity contribution in [3.05, 3.63) is 29.8 Å². The number of phenolic OH excluding ortho intramolecular Hbond substituents is 1. The molecule has 316 valence electrons. The van der Waals surface area contributed by atoms with E-state index in [-0.39, 0.29) is 55.3 Å². The van der Waals surface area contributed by atoms with Gasteiger partial charge in [0.2, 0.25) is 29.5 Å². The number of benzene rings is 1. The van der Waals surface area contributed by atoms with Crippen LogP contribution >= 0.6 is 0 Å². The highest BCUT2D eigenvalue weighted by molar-refractivity contribution is 5.96. The number of phenols is 1. The number of guanidine groups is 1. The van der Waals surface area contributed by atoms with Crippen LogP contribution in [0, 0.1) is 11.8 Å². The second kappa shape index (κ2) is 23.7. The molecule has 1 aromatic carbocycles. The summed E-state index contributed by atoms with van der Waals surface area (Å²) in [5.41, 5.74) is 17.8. The maximum Gasteiger partial charge on any atom is 0.490 e. The van der Waals surface area contributed by atoms with Crippen LogP contribution in [0.2, 0.25) is 0 Å². The molecule has 1 fully saturated rings. The minimum Gasteiger partial charge on any atom is -0.508 e. The van der Waals surface area contributed by atoms with Crippen LogP contribution < -0.4 is 38.5 Å². The predicted molar refractivity (Wildman–Crippen MR) is 202 cm³/mol. The number of carboxylic acids is 1. The number of likely N-dealkylation sites (tertiary alicyclic amines) is 1. The van der Waals surface area contributed by atoms with Crippen LogP contribution in [0.4, 0.5) is 13.2 Å². The smallest absolute Gasteiger partial charge is 0.490 e. The highest BCUT2D eigenvalue weighted by Crippen LogP contribution is 2.20. The summed E-state index contributed by atoms with van der Waals surface area (Å²) in [6, 6.07) is 1.76. The number of rotatable bonds is 19. The number of carbonyl (C=O) groups excluding carboxylic acids is 5. The van der Waals surface area contributed by atoms with Gasteiger partial charge in [-0.05, 0) is 81.4 Å². The van der Waals surface area contributed by atoms with E-state index in [4.69, 9.17) is 27.1 Å². The Balaban J connectivity index is 0.00000203. The molecule has 1 aliphatic rings. The van der Waals surface area contributed by atoms with Gasteiger partial charge < -0.3 is 53.6 Å². The Kier molecular flexibility index (Phi) is 20.7. The van der Waals surface area contributed by atoms with E-state index >= 15 is 0 Å². The van der Waals surface area contributed by atoms with Crippen molar-refractivity contribution >= 4 is 41.5 Å². The molecule has 56 heavy (non-hydrogen) atoms. The average Bonchev–Trinajstić information content (AvgIpc) is 3.59. The molecule has 1 heterocycles. The number of hydrogen-bond acceptors (Lipinski definition) is 9. The maximum absolute atomic E-state index is 13.8. The first-order valence-electron chi connectivity index (χ1n) is 18.4. The van der Waals surface area contributed by atoms with E-state index in [1.165, 1.54) is 17.0 Å². The van der Waals surface area contributed by atoms with E-state index in [2.05, 4.69) is 26.3 Å². The number of aliphatic imine (C=N–C) groups is 1. The Morgan fingerprint density at radius 3 is 1.86 bits per heavy atom. The third kappa shape index (κ3) is 18.0. The van der Waals surface area contributed by atoms with E-state index in [0.717, 1.165) is 5.56 Å². The summed E-state index contributed by atoms with van der Waals surface area (Å²) >= 11 is 0. The van der Waals surface area contributed by atoms with Gasteiger partial charge in [-0.3, -0.25) is 29.0 Å². The van der Waals surface area contributed by atoms with Crippen molar-refractivity contribution in [3.63, 3.8) is 0 Å². The number of likely N-dealkylation sites (N-methyl/N-ethyl adjacent to an activating group) is 1. The van der Waals surface area contributed by atoms with Crippen LogP contribution in [0.15, 0.2) is 29.3 Å². The number of aliphatic carboxylic acids is 1. The van der Waals surface area contributed by atoms with Crippen molar-refractivity contribution in [3.8, 4) is 5.75 Å². The Hall–Kier alpha value is -5.14. The number of hydrogen-bond donors (Lipinski definition) is 9. The summed E-state index contributed by atoms with van der Waals surface area (Å²) in [6.45, 7) is 10.5. The van der Waals surface area contributed by atoms with Crippen LogP contribution in [0.5, 0.6) is 5.75 Å². The number of nitrogens with zero attached hydrogens (tertiary/aromatic N) is 2. The number of alkyl halides is 3. The SMILES string of the molecule is CCNC(=O)[C@@H]1CCCN1C(=O)[C@H](CCCN=C(N)N)NC(=O)[C@H](CC(C)C)NC(=O)[C@@H](CC(C)C)NC(=O)[C@@H](N)Cc1ccc(O)cc1.O=C(O)C(F)(F)F. The number of aromatic hydroxyl groups is 1. The summed E-state index contributed by atoms with van der Waals surface area (Å²) in [5, 5.41) is 27.9. The van der Waals surface area contributed by atoms with Gasteiger partial charge in [0, 0.05) is 19.6 Å². The molecule has 0 spiro atoms. The summed E-state index contributed by atoms with van der Waals surface area (Å²) in [6.07, 6.45) is -2.59. The number of carboxylic acid groups (broad SMARTS) is 1. The molecule has 0 unspecified atom stereocenters. The second-order valence-electron chi connectivity index (χ2n) is 14.3. The Morgan fingerprint density at radius 2 is 1.39 bits per heavy atom. The van der Waals surface area contributed by atoms with Gasteiger partial charge in [-0.25, -0.2) is 4.79 Å². The summed E-state index contributed by atoms with van der Waals surface area (Å²) in [7, 11) is 0. The van der Waals surface area contributed by atoms with Crippen molar-refractivity contribution in [2.75, 3.05) is 19.6 Å². The van der Waals surface area contributed by atoms with Crippen LogP contribution in [0.25, 0.3) is 0 Å². The van der Waals surface area contributed by atoms with E-state index < -0.39 is 66.0 Å². The minimum atomic E-state index is -5.08. The van der Waals surface area contributed by atoms with Gasteiger partial charge in [0.1, 0.15) is 29.9 Å². The molecule has 20 heteroatoms. The normalized spacial score (nSPS) is 16.1. The van der Waals surface area contributed by atoms with E-state index in [0.29, 0.717) is 38.8 Å². The largest absolute Gasteiger partial charge is 0.508 e. The zero-order valence-corrected chi connectivity index (χ0v) is 32.5. The van der Waals surface area contributed by atoms with Crippen molar-refractivity contribution in [1.29, 1.82) is 0 Å². The van der Waals surface area contributed by atoms with E-state index in [1.54, 1.807) is 19.1 Å². The quantitative estimate of drug-likeness (QED) is 0.0531. The molecule has 2 rings (SSSR count). The van der Waals surface area contributed by atoms with Crippen molar-refractivity contribution < 1.29 is 52.2 Å². The molecule has 0 aromatic heterocycles. The maximum atomic E-state index is 13.8. The number of carbonyl (C=O) groups is 6. The van der Waals surface area contributed by atoms with Crippen molar-refractivity contribution in [2.45, 2.75) is 116 Å². The molecule has 1 aromatic rings. The third-order valence-electron chi connectivity index (χ3n) is 8.40. The van der Waals surface area contributed by atoms with Crippen LogP contribution in [-0.2, 0) is 35.2 Å². The summed E-state index contributed by atoms with van der Waals surface area (Å²) in [4.78, 5) is 81.6. The average molecular weight is 802 g/mol. The lowest BCUT2D eigenvalue weighted by molar-refractivity contribution is -0.192. The molecule has 0 radical (unpaired) electrons. The van der Waals surface area contributed by atoms with Gasteiger partial charge in [-0.1, -0.05) is 39.8 Å². The molecular weight excluding hydrogens is 743 g/mol. The molecule has 1 aliphatic heterocycles. The molecule has 5 atom stereocenters. The van der Waals surface area contributed by atoms with Crippen molar-refractivity contribution in [2.24, 2.45) is 34.0 Å². The lowest BCUT2D eigenvalue weighted by Gasteiger charge is -2.30. The fourth-order valence-corrected chi connectivity index (χ4v) is 5.76. The fraction of sp³-hybridized carbons (Fsp3) is 0.639. The Bertz CT molecular complexity index is 1490. The first-order chi connectivity index (χ1) is 26.1. The minimum absolute atomic E-state index is 0.00959. The molecule has 17 nitrogen and oxygen atoms in total. The van der Waals surface area contributed by atoms with Gasteiger partial charge >= 0.3 is 12.1 Å². The topological polar surface area (TPSA) is 285 Å². The number of halogens is 3. The molecule has 12 N–H and O–H groups in total. The number of amides is 5. The zero-order chi connectivity index (χ0) is 42.7. The second-order valence-corrected chi connectivity index (χ2v) is 14.3. The Labute approximate surface area is 324 Å². The van der Waals surface area contributed by atoms with Crippen LogP contribution in [0.1, 0.15) is 78.7 Å². The van der Waals surface area contributed by atoms with Gasteiger partial charge in [0.05, 0.1) is 6.04 Å². The van der Waals surface area contributed by atoms with Gasteiger partial charge in [-0.2, -0.15) is 13.2 Å². The Morgan fingerprint density at radius 1 is 0.893 bits per heavy atom. The van der Waals surface area contributed by atoms with Gasteiger partial charge in [-0.15, -0.1) is 0 Å². The first-order valence-corrected chi connectivity index (χ1v) is 18.4. The summed E-state index contributed by atoms with van der Waals surface area (Å²) in [5.74, 6) is -5.02. The molecule has 0 aliphatic carbocycles. The van der Waals surface area contributed by atoms with Gasteiger partial charge in [0.25, 0.3) is 0 Å². The van der Waals surface area contributed by atoms with Gasteiger partial charge in [0.15, 0.2) is 5.96 Å². The number of nitrogens with two attached hydrogens (primary N) is 3. The van der Waals surface area contributed by atoms with Crippen LogP contribution in [0.3, 0.4) is 0 Å². The van der Waals surface area contributed by atoms with E-state index in [9.17, 15) is 42.3 Å². The molecule has 0 bridgehead atoms. The molecule has 1 saturated heterocycles. The predicted octanol–water partition coefficient (Wildman–Crippen LogP) is 0.623. The van der Waals surface area contributed by atoms with Crippen molar-refractivity contribution in [1.82, 2.24) is 26.2 Å². The zero-order valence-electron chi connectivity index (χ0n) is 32.5. The molecular formula is C36H58F3N9O8. The number of nitrogens with one attached hydrogen (secondary N) is 4. The van der Waals surface area contributed by atoms with Crippen LogP contribution in [-0.4, -0.2) is 113 Å². The fourth-order valence-electron chi connectivity index (χ4n) is 5.76. The highest BCUT2D eigenvalue weighted by Gasteiger charge is 2.39. The monoisotopic (exact) mass is 801 g/mol. The lowest BCUT2D eigenvalue weighted by atomic mass is 9.99. The van der Waals surface area contributed by atoms with E-state index in [1.807, 2.05) is 27.7 Å². The standard InChI is InChI=1S/C34H57N9O6.C2HF3O2/c1-6-38-32(48)28-10-8-16-43(28)33(49)25(9-7-15-39-34(36)37)40-30(46)27(18-21(4)5)42-31(47)26(17-20(2)3)41-29(45)24(35)19-22-11-13-23(44)14-12-22;3-2(4,5)1(6)7/h11-14,20-21,24-28,44H,6-10,15-19,35H2,1-5H3,(H,38,48)(H,40,46)(H,41,45)(H,42,47)(H4,36,37,39);(H,6,7)/t24-,25-,26+,27-,28-;/m0./s1.